The van der Waals surface area contributed by atoms with E-state index in [-0.39, 0.29) is 12.2 Å². The maximum absolute atomic E-state index is 13.5. The van der Waals surface area contributed by atoms with Crippen molar-refractivity contribution in [1.29, 1.82) is 0 Å². The van der Waals surface area contributed by atoms with E-state index in [1.54, 1.807) is 0 Å². The molecular formula is C20H28N2O7. The highest BCUT2D eigenvalue weighted by Gasteiger charge is 2.54. The van der Waals surface area contributed by atoms with Gasteiger partial charge in [-0.2, -0.15) is 0 Å². The second-order valence-electron chi connectivity index (χ2n) is 7.13. The van der Waals surface area contributed by atoms with Gasteiger partial charge in [-0.25, -0.2) is 4.79 Å². The van der Waals surface area contributed by atoms with Crippen LogP contribution in [0.15, 0.2) is 12.1 Å². The zero-order valence-electron chi connectivity index (χ0n) is 17.3. The second kappa shape index (κ2) is 8.46. The molecule has 1 amide bonds. The number of ether oxygens (including phenoxy) is 4. The number of hydrogen-bond acceptors (Lipinski definition) is 7. The Bertz CT molecular complexity index is 749. The van der Waals surface area contributed by atoms with Gasteiger partial charge in [0.2, 0.25) is 5.75 Å². The summed E-state index contributed by atoms with van der Waals surface area (Å²) in [6, 6.07) is 2.03. The molecule has 1 N–H and O–H groups in total. The van der Waals surface area contributed by atoms with Crippen molar-refractivity contribution in [3.63, 3.8) is 0 Å². The minimum absolute atomic E-state index is 0.0301. The third-order valence-electron chi connectivity index (χ3n) is 5.76. The summed E-state index contributed by atoms with van der Waals surface area (Å²) in [5.41, 5.74) is -0.666. The maximum atomic E-state index is 13.5. The van der Waals surface area contributed by atoms with Crippen LogP contribution in [-0.2, 0) is 9.53 Å². The van der Waals surface area contributed by atoms with Gasteiger partial charge < -0.3 is 29.0 Å². The van der Waals surface area contributed by atoms with Crippen LogP contribution in [0.1, 0.15) is 30.1 Å². The standard InChI is InChI=1S/C20H28N2O7/c1-5-21-8-6-20(7-9-21)22(14(12-29-20)19(24)25)18(23)13-10-15(26-2)17(28-4)16(11-13)27-3/h10-11,14H,5-9,12H2,1-4H3,(H,24,25)/t14-/m1/s1. The summed E-state index contributed by atoms with van der Waals surface area (Å²) < 4.78 is 22.0. The lowest BCUT2D eigenvalue weighted by Crippen LogP contribution is -2.58. The average Bonchev–Trinajstić information content (AvgIpc) is 3.11. The number of hydrogen-bond donors (Lipinski definition) is 1. The third kappa shape index (κ3) is 3.72. The molecule has 160 valence electrons. The van der Waals surface area contributed by atoms with Crippen molar-refractivity contribution in [3.05, 3.63) is 17.7 Å². The molecule has 2 saturated heterocycles. The number of amides is 1. The fourth-order valence-electron chi connectivity index (χ4n) is 4.12. The second-order valence-corrected chi connectivity index (χ2v) is 7.13. The monoisotopic (exact) mass is 408 g/mol. The molecule has 1 aromatic rings. The predicted molar refractivity (Wildman–Crippen MR) is 104 cm³/mol. The minimum Gasteiger partial charge on any atom is -0.493 e. The molecular weight excluding hydrogens is 380 g/mol. The molecule has 1 spiro atoms. The number of rotatable bonds is 6. The van der Waals surface area contributed by atoms with Crippen LogP contribution in [0, 0.1) is 0 Å². The van der Waals surface area contributed by atoms with Crippen molar-refractivity contribution in [2.75, 3.05) is 47.6 Å². The summed E-state index contributed by atoms with van der Waals surface area (Å²) in [5, 5.41) is 9.72. The number of methoxy groups -OCH3 is 3. The first-order valence-corrected chi connectivity index (χ1v) is 9.63. The molecule has 0 aromatic heterocycles. The van der Waals surface area contributed by atoms with E-state index in [1.807, 2.05) is 0 Å². The molecule has 29 heavy (non-hydrogen) atoms. The molecule has 2 aliphatic rings. The summed E-state index contributed by atoms with van der Waals surface area (Å²) in [6.07, 6.45) is 1.11. The SMILES string of the molecule is CCN1CCC2(CC1)OC[C@H](C(=O)O)N2C(=O)c1cc(OC)c(OC)c(OC)c1. The van der Waals surface area contributed by atoms with Gasteiger partial charge in [-0.15, -0.1) is 0 Å². The molecule has 0 bridgehead atoms. The van der Waals surface area contributed by atoms with Crippen molar-refractivity contribution in [3.8, 4) is 17.2 Å². The van der Waals surface area contributed by atoms with Gasteiger partial charge in [0, 0.05) is 31.5 Å². The fourth-order valence-corrected chi connectivity index (χ4v) is 4.12. The van der Waals surface area contributed by atoms with Crippen LogP contribution in [0.4, 0.5) is 0 Å². The number of likely N-dealkylation sites (tertiary alicyclic amines) is 1. The first-order chi connectivity index (χ1) is 13.9. The van der Waals surface area contributed by atoms with E-state index in [2.05, 4.69) is 11.8 Å². The maximum Gasteiger partial charge on any atom is 0.328 e. The molecule has 3 rings (SSSR count). The largest absolute Gasteiger partial charge is 0.493 e. The lowest BCUT2D eigenvalue weighted by molar-refractivity contribution is -0.143. The number of benzene rings is 1. The normalized spacial score (nSPS) is 21.2. The molecule has 2 aliphatic heterocycles. The smallest absolute Gasteiger partial charge is 0.328 e. The van der Waals surface area contributed by atoms with Gasteiger partial charge in [0.15, 0.2) is 17.5 Å². The van der Waals surface area contributed by atoms with Crippen LogP contribution in [-0.4, -0.2) is 86.1 Å². The predicted octanol–water partition coefficient (Wildman–Crippen LogP) is 1.45. The summed E-state index contributed by atoms with van der Waals surface area (Å²) >= 11 is 0. The lowest BCUT2D eigenvalue weighted by Gasteiger charge is -2.44. The zero-order chi connectivity index (χ0) is 21.2. The molecule has 1 aromatic carbocycles. The molecule has 1 atom stereocenters. The summed E-state index contributed by atoms with van der Waals surface area (Å²) in [6.45, 7) is 4.42. The molecule has 0 saturated carbocycles. The van der Waals surface area contributed by atoms with Crippen LogP contribution < -0.4 is 14.2 Å². The van der Waals surface area contributed by atoms with Crippen LogP contribution in [0.25, 0.3) is 0 Å². The highest BCUT2D eigenvalue weighted by Crippen LogP contribution is 2.42. The Hall–Kier alpha value is -2.52. The van der Waals surface area contributed by atoms with Gasteiger partial charge in [0.1, 0.15) is 5.72 Å². The Balaban J connectivity index is 2.01. The van der Waals surface area contributed by atoms with E-state index in [4.69, 9.17) is 18.9 Å². The Kier molecular flexibility index (Phi) is 6.18. The number of piperidine rings is 1. The Morgan fingerprint density at radius 2 is 1.72 bits per heavy atom. The number of aliphatic carboxylic acids is 1. The van der Waals surface area contributed by atoms with E-state index in [0.717, 1.165) is 19.6 Å². The van der Waals surface area contributed by atoms with Crippen molar-refractivity contribution in [1.82, 2.24) is 9.80 Å². The summed E-state index contributed by atoms with van der Waals surface area (Å²) in [5.74, 6) is -0.487. The van der Waals surface area contributed by atoms with E-state index in [1.165, 1.54) is 38.4 Å². The number of carbonyl (C=O) groups is 2. The number of nitrogens with zero attached hydrogens (tertiary/aromatic N) is 2. The van der Waals surface area contributed by atoms with E-state index in [9.17, 15) is 14.7 Å². The minimum atomic E-state index is -1.08. The summed E-state index contributed by atoms with van der Waals surface area (Å²) in [4.78, 5) is 29.1. The number of carboxylic acid groups (broad SMARTS) is 1. The van der Waals surface area contributed by atoms with Crippen molar-refractivity contribution >= 4 is 11.9 Å². The van der Waals surface area contributed by atoms with Crippen molar-refractivity contribution in [2.45, 2.75) is 31.5 Å². The molecule has 0 radical (unpaired) electrons. The highest BCUT2D eigenvalue weighted by atomic mass is 16.5. The quantitative estimate of drug-likeness (QED) is 0.755. The Morgan fingerprint density at radius 3 is 2.17 bits per heavy atom. The van der Waals surface area contributed by atoms with Gasteiger partial charge in [-0.1, -0.05) is 6.92 Å². The fraction of sp³-hybridized carbons (Fsp3) is 0.600. The lowest BCUT2D eigenvalue weighted by atomic mass is 9.96. The third-order valence-corrected chi connectivity index (χ3v) is 5.76. The molecule has 9 heteroatoms. The Morgan fingerprint density at radius 1 is 1.14 bits per heavy atom. The molecule has 9 nitrogen and oxygen atoms in total. The molecule has 2 fully saturated rings. The first kappa shape index (κ1) is 21.2. The van der Waals surface area contributed by atoms with Gasteiger partial charge in [0.25, 0.3) is 5.91 Å². The summed E-state index contributed by atoms with van der Waals surface area (Å²) in [7, 11) is 4.41. The molecule has 0 unspecified atom stereocenters. The van der Waals surface area contributed by atoms with Crippen LogP contribution >= 0.6 is 0 Å². The van der Waals surface area contributed by atoms with Crippen molar-refractivity contribution in [2.24, 2.45) is 0 Å². The number of carbonyl (C=O) groups excluding carboxylic acids is 1. The van der Waals surface area contributed by atoms with Crippen LogP contribution in [0.3, 0.4) is 0 Å². The van der Waals surface area contributed by atoms with E-state index < -0.39 is 23.6 Å². The van der Waals surface area contributed by atoms with Gasteiger partial charge >= 0.3 is 5.97 Å². The van der Waals surface area contributed by atoms with E-state index in [0.29, 0.717) is 30.1 Å². The van der Waals surface area contributed by atoms with E-state index >= 15 is 0 Å². The highest BCUT2D eigenvalue weighted by molar-refractivity contribution is 5.98. The van der Waals surface area contributed by atoms with Gasteiger partial charge in [-0.05, 0) is 18.7 Å². The zero-order valence-corrected chi connectivity index (χ0v) is 17.3. The molecule has 0 aliphatic carbocycles. The average molecular weight is 408 g/mol. The number of carboxylic acids is 1. The van der Waals surface area contributed by atoms with Crippen molar-refractivity contribution < 1.29 is 33.6 Å². The topological polar surface area (TPSA) is 97.8 Å². The van der Waals surface area contributed by atoms with Gasteiger partial charge in [0.05, 0.1) is 27.9 Å². The van der Waals surface area contributed by atoms with Crippen LogP contribution in [0.5, 0.6) is 17.2 Å². The Labute approximate surface area is 170 Å². The van der Waals surface area contributed by atoms with Gasteiger partial charge in [-0.3, -0.25) is 9.69 Å². The molecule has 2 heterocycles. The van der Waals surface area contributed by atoms with Crippen LogP contribution in [0.2, 0.25) is 0 Å². The first-order valence-electron chi connectivity index (χ1n) is 9.63.